The lowest BCUT2D eigenvalue weighted by atomic mass is 9.83. The Morgan fingerprint density at radius 3 is 2.04 bits per heavy atom. The Morgan fingerprint density at radius 1 is 0.957 bits per heavy atom. The van der Waals surface area contributed by atoms with Crippen LogP contribution in [0.1, 0.15) is 114 Å². The zero-order valence-corrected chi connectivity index (χ0v) is 30.1. The minimum Gasteiger partial charge on any atom is -0.363 e. The quantitative estimate of drug-likeness (QED) is 0.231. The number of primary amides is 1. The molecule has 5 atom stereocenters. The maximum Gasteiger partial charge on any atom is 0.315 e. The van der Waals surface area contributed by atoms with Gasteiger partial charge in [-0.2, -0.15) is 0 Å². The summed E-state index contributed by atoms with van der Waals surface area (Å²) in [6.45, 7) is 16.7. The minimum atomic E-state index is -3.56. The van der Waals surface area contributed by atoms with Gasteiger partial charge >= 0.3 is 6.03 Å². The van der Waals surface area contributed by atoms with Crippen molar-refractivity contribution in [2.45, 2.75) is 142 Å². The molecule has 46 heavy (non-hydrogen) atoms. The molecule has 1 aliphatic heterocycles. The molecule has 2 saturated carbocycles. The van der Waals surface area contributed by atoms with Crippen molar-refractivity contribution in [2.75, 3.05) is 12.3 Å². The van der Waals surface area contributed by atoms with Crippen molar-refractivity contribution in [3.63, 3.8) is 0 Å². The normalized spacial score (nSPS) is 25.1. The zero-order valence-electron chi connectivity index (χ0n) is 29.2. The van der Waals surface area contributed by atoms with Gasteiger partial charge in [-0.25, -0.2) is 13.2 Å². The van der Waals surface area contributed by atoms with Gasteiger partial charge in [-0.15, -0.1) is 0 Å². The smallest absolute Gasteiger partial charge is 0.315 e. The minimum absolute atomic E-state index is 0.0516. The third kappa shape index (κ3) is 8.05. The summed E-state index contributed by atoms with van der Waals surface area (Å²) in [5, 5.41) is 8.57. The number of nitrogens with two attached hydrogens (primary N) is 1. The van der Waals surface area contributed by atoms with Gasteiger partial charge < -0.3 is 26.6 Å². The molecule has 262 valence electrons. The van der Waals surface area contributed by atoms with Gasteiger partial charge in [0.15, 0.2) is 9.84 Å². The topological polar surface area (TPSA) is 185 Å². The maximum atomic E-state index is 14.3. The van der Waals surface area contributed by atoms with Crippen molar-refractivity contribution >= 4 is 39.4 Å². The molecule has 12 nitrogen and oxygen atoms in total. The van der Waals surface area contributed by atoms with Crippen molar-refractivity contribution < 1.29 is 32.4 Å². The van der Waals surface area contributed by atoms with Gasteiger partial charge in [-0.05, 0) is 62.7 Å². The molecular formula is C33H57N5O7S. The molecule has 1 saturated heterocycles. The number of likely N-dealkylation sites (tertiary alicyclic amines) is 1. The van der Waals surface area contributed by atoms with E-state index >= 15 is 0 Å². The van der Waals surface area contributed by atoms with Crippen LogP contribution in [0.3, 0.4) is 0 Å². The Hall–Kier alpha value is -2.70. The number of ketones is 1. The van der Waals surface area contributed by atoms with E-state index in [2.05, 4.69) is 16.0 Å². The average molecular weight is 668 g/mol. The van der Waals surface area contributed by atoms with Crippen molar-refractivity contribution in [3.8, 4) is 0 Å². The standard InChI is InChI=1S/C33H57N5O7S/c1-10-11-15-21(24(39)26(34)40)35-27(41)23-22-20(32(22,8)9)18-38(23)28(42)25(30(2,3)4)36-29(43)37-33(16-13-12-14-17-33)19-46(44,45)31(5,6)7/h20-23,25H,10-19H2,1-9H3,(H2,34,40)(H,35,41)(H2,36,37,43)/t20-,21?,22?,23-,25+/m0/s1. The third-order valence-corrected chi connectivity index (χ3v) is 13.3. The fourth-order valence-electron chi connectivity index (χ4n) is 7.26. The lowest BCUT2D eigenvalue weighted by molar-refractivity contribution is -0.145. The number of nitrogens with zero attached hydrogens (tertiary/aromatic N) is 1. The summed E-state index contributed by atoms with van der Waals surface area (Å²) in [6, 6.07) is -3.64. The average Bonchev–Trinajstić information content (AvgIpc) is 3.24. The Balaban J connectivity index is 1.86. The van der Waals surface area contributed by atoms with Gasteiger partial charge in [0.25, 0.3) is 5.91 Å². The van der Waals surface area contributed by atoms with Crippen LogP contribution in [0.15, 0.2) is 0 Å². The first-order valence-corrected chi connectivity index (χ1v) is 18.4. The first kappa shape index (κ1) is 37.8. The molecule has 5 amide bonds. The number of rotatable bonds is 12. The molecule has 3 aliphatic rings. The zero-order chi connectivity index (χ0) is 35.0. The van der Waals surface area contributed by atoms with Crippen LogP contribution in [0.4, 0.5) is 4.79 Å². The second-order valence-electron chi connectivity index (χ2n) is 16.4. The number of urea groups is 1. The van der Waals surface area contributed by atoms with Crippen LogP contribution in [0.25, 0.3) is 0 Å². The molecule has 3 fully saturated rings. The number of hydrogen-bond donors (Lipinski definition) is 4. The molecule has 3 rings (SSSR count). The molecule has 0 aromatic heterocycles. The predicted molar refractivity (Wildman–Crippen MR) is 176 cm³/mol. The van der Waals surface area contributed by atoms with E-state index in [-0.39, 0.29) is 29.4 Å². The number of nitrogens with one attached hydrogen (secondary N) is 3. The number of fused-ring (bicyclic) bond motifs is 1. The van der Waals surface area contributed by atoms with Crippen LogP contribution in [0, 0.1) is 22.7 Å². The maximum absolute atomic E-state index is 14.3. The summed E-state index contributed by atoms with van der Waals surface area (Å²) in [5.41, 5.74) is 3.34. The second kappa shape index (κ2) is 13.4. The van der Waals surface area contributed by atoms with Gasteiger partial charge in [0, 0.05) is 6.54 Å². The molecule has 2 unspecified atom stereocenters. The molecule has 0 aromatic carbocycles. The van der Waals surface area contributed by atoms with Crippen LogP contribution in [0.2, 0.25) is 0 Å². The summed E-state index contributed by atoms with van der Waals surface area (Å²) in [4.78, 5) is 67.6. The lowest BCUT2D eigenvalue weighted by Gasteiger charge is -2.41. The first-order chi connectivity index (χ1) is 21.0. The monoisotopic (exact) mass is 667 g/mol. The summed E-state index contributed by atoms with van der Waals surface area (Å²) >= 11 is 0. The van der Waals surface area contributed by atoms with Gasteiger partial charge in [-0.3, -0.25) is 19.2 Å². The molecular weight excluding hydrogens is 610 g/mol. The van der Waals surface area contributed by atoms with E-state index in [1.54, 1.807) is 20.8 Å². The number of sulfone groups is 1. The first-order valence-electron chi connectivity index (χ1n) is 16.7. The lowest BCUT2D eigenvalue weighted by Crippen LogP contribution is -2.64. The van der Waals surface area contributed by atoms with Gasteiger partial charge in [0.2, 0.25) is 17.6 Å². The highest BCUT2D eigenvalue weighted by molar-refractivity contribution is 7.92. The largest absolute Gasteiger partial charge is 0.363 e. The van der Waals surface area contributed by atoms with E-state index in [0.717, 1.165) is 25.7 Å². The van der Waals surface area contributed by atoms with Crippen molar-refractivity contribution in [1.29, 1.82) is 0 Å². The van der Waals surface area contributed by atoms with E-state index in [0.29, 0.717) is 25.8 Å². The van der Waals surface area contributed by atoms with E-state index in [1.165, 1.54) is 4.90 Å². The van der Waals surface area contributed by atoms with Crippen LogP contribution in [0.5, 0.6) is 0 Å². The Morgan fingerprint density at radius 2 is 1.54 bits per heavy atom. The van der Waals surface area contributed by atoms with Crippen LogP contribution >= 0.6 is 0 Å². The summed E-state index contributed by atoms with van der Waals surface area (Å²) in [6.07, 6.45) is 5.13. The molecule has 0 spiro atoms. The summed E-state index contributed by atoms with van der Waals surface area (Å²) in [5.74, 6) is -3.25. The number of carbonyl (C=O) groups excluding carboxylic acids is 5. The number of piperidine rings is 1. The molecule has 13 heteroatoms. The van der Waals surface area contributed by atoms with E-state index in [4.69, 9.17) is 5.73 Å². The number of unbranched alkanes of at least 4 members (excludes halogenated alkanes) is 1. The number of carbonyl (C=O) groups is 5. The fourth-order valence-corrected chi connectivity index (χ4v) is 8.78. The second-order valence-corrected chi connectivity index (χ2v) is 19.2. The van der Waals surface area contributed by atoms with Crippen LogP contribution in [-0.2, 0) is 29.0 Å². The van der Waals surface area contributed by atoms with Crippen LogP contribution < -0.4 is 21.7 Å². The van der Waals surface area contributed by atoms with Gasteiger partial charge in [0.05, 0.1) is 22.1 Å². The molecule has 5 N–H and O–H groups in total. The number of amides is 5. The summed E-state index contributed by atoms with van der Waals surface area (Å²) in [7, 11) is -3.56. The van der Waals surface area contributed by atoms with Gasteiger partial charge in [0.1, 0.15) is 12.1 Å². The molecule has 0 radical (unpaired) electrons. The Labute approximate surface area is 275 Å². The highest BCUT2D eigenvalue weighted by Gasteiger charge is 2.70. The number of Topliss-reactive ketones (excluding diaryl/α,β-unsaturated/α-hetero) is 1. The van der Waals surface area contributed by atoms with E-state index < -0.39 is 73.2 Å². The van der Waals surface area contributed by atoms with Crippen LogP contribution in [-0.4, -0.2) is 83.6 Å². The highest BCUT2D eigenvalue weighted by atomic mass is 32.2. The number of hydrogen-bond acceptors (Lipinski definition) is 7. The van der Waals surface area contributed by atoms with Gasteiger partial charge in [-0.1, -0.05) is 73.6 Å². The Kier molecular flexibility index (Phi) is 11.0. The third-order valence-electron chi connectivity index (χ3n) is 10.5. The fraction of sp³-hybridized carbons (Fsp3) is 0.848. The van der Waals surface area contributed by atoms with Crippen molar-refractivity contribution in [3.05, 3.63) is 0 Å². The Bertz CT molecular complexity index is 1310. The predicted octanol–water partition coefficient (Wildman–Crippen LogP) is 2.83. The highest BCUT2D eigenvalue weighted by Crippen LogP contribution is 2.65. The SMILES string of the molecule is CCCCC(NC(=O)[C@@H]1C2[C@H](CN1C(=O)[C@@H](NC(=O)NC1(CS(=O)(=O)C(C)(C)C)CCCCC1)C(C)(C)C)C2(C)C)C(=O)C(N)=O. The molecule has 0 bridgehead atoms. The van der Waals surface area contributed by atoms with Crippen molar-refractivity contribution in [1.82, 2.24) is 20.9 Å². The molecule has 2 aliphatic carbocycles. The molecule has 1 heterocycles. The summed E-state index contributed by atoms with van der Waals surface area (Å²) < 4.78 is 25.5. The van der Waals surface area contributed by atoms with Crippen molar-refractivity contribution in [2.24, 2.45) is 28.4 Å². The van der Waals surface area contributed by atoms with E-state index in [9.17, 15) is 32.4 Å². The van der Waals surface area contributed by atoms with E-state index in [1.807, 2.05) is 41.5 Å². The molecule has 0 aromatic rings.